The van der Waals surface area contributed by atoms with Crippen LogP contribution >= 0.6 is 0 Å². The van der Waals surface area contributed by atoms with Crippen LogP contribution in [0.25, 0.3) is 0 Å². The van der Waals surface area contributed by atoms with Gasteiger partial charge in [0, 0.05) is 18.6 Å². The first-order valence-corrected chi connectivity index (χ1v) is 6.12. The third kappa shape index (κ3) is 4.08. The van der Waals surface area contributed by atoms with Gasteiger partial charge in [0.25, 0.3) is 0 Å². The molecule has 0 bridgehead atoms. The van der Waals surface area contributed by atoms with Gasteiger partial charge in [0.05, 0.1) is 0 Å². The van der Waals surface area contributed by atoms with E-state index >= 15 is 0 Å². The third-order valence-electron chi connectivity index (χ3n) is 3.10. The molecule has 1 unspecified atom stereocenters. The topological polar surface area (TPSA) is 53.2 Å². The Kier molecular flexibility index (Phi) is 3.83. The van der Waals surface area contributed by atoms with Crippen LogP contribution < -0.4 is 16.0 Å². The molecule has 2 rings (SSSR count). The fraction of sp³-hybridized carbons (Fsp3) is 0.909. The molecule has 15 heavy (non-hydrogen) atoms. The molecule has 86 valence electrons. The Morgan fingerprint density at radius 2 is 2.13 bits per heavy atom. The minimum absolute atomic E-state index is 0.00769. The van der Waals surface area contributed by atoms with Gasteiger partial charge in [0.2, 0.25) is 0 Å². The standard InChI is InChI=1S/C11H21N3O/c15-11(14-10-4-5-10)13-8-6-9-3-1-2-7-12-9/h9-10,12H,1-8H2,(H2,13,14,15). The molecule has 4 nitrogen and oxygen atoms in total. The van der Waals surface area contributed by atoms with Gasteiger partial charge >= 0.3 is 6.03 Å². The average Bonchev–Trinajstić information content (AvgIpc) is 3.03. The maximum absolute atomic E-state index is 11.3. The molecule has 0 spiro atoms. The summed E-state index contributed by atoms with van der Waals surface area (Å²) in [5.74, 6) is 0. The molecule has 2 amide bonds. The number of urea groups is 1. The average molecular weight is 211 g/mol. The SMILES string of the molecule is O=C(NCCC1CCCCN1)NC1CC1. The highest BCUT2D eigenvalue weighted by Crippen LogP contribution is 2.18. The highest BCUT2D eigenvalue weighted by molar-refractivity contribution is 5.74. The summed E-state index contributed by atoms with van der Waals surface area (Å²) in [4.78, 5) is 11.3. The van der Waals surface area contributed by atoms with Crippen molar-refractivity contribution < 1.29 is 4.79 Å². The molecule has 0 aromatic carbocycles. The molecular weight excluding hydrogens is 190 g/mol. The van der Waals surface area contributed by atoms with Crippen LogP contribution in [0.4, 0.5) is 4.79 Å². The number of carbonyl (C=O) groups is 1. The second kappa shape index (κ2) is 5.35. The van der Waals surface area contributed by atoms with Crippen LogP contribution in [-0.4, -0.2) is 31.2 Å². The molecule has 1 saturated carbocycles. The molecule has 1 heterocycles. The summed E-state index contributed by atoms with van der Waals surface area (Å²) in [6.07, 6.45) is 7.23. The van der Waals surface area contributed by atoms with Crippen LogP contribution in [0, 0.1) is 0 Å². The molecule has 0 aromatic heterocycles. The summed E-state index contributed by atoms with van der Waals surface area (Å²) in [5.41, 5.74) is 0. The van der Waals surface area contributed by atoms with Gasteiger partial charge in [-0.25, -0.2) is 4.79 Å². The summed E-state index contributed by atoms with van der Waals surface area (Å²) in [6, 6.07) is 1.08. The zero-order valence-electron chi connectivity index (χ0n) is 9.22. The Morgan fingerprint density at radius 1 is 1.27 bits per heavy atom. The lowest BCUT2D eigenvalue weighted by atomic mass is 10.0. The Bertz CT molecular complexity index is 210. The van der Waals surface area contributed by atoms with E-state index < -0.39 is 0 Å². The van der Waals surface area contributed by atoms with Crippen LogP contribution in [0.3, 0.4) is 0 Å². The Morgan fingerprint density at radius 3 is 2.80 bits per heavy atom. The van der Waals surface area contributed by atoms with Crippen LogP contribution in [0.5, 0.6) is 0 Å². The largest absolute Gasteiger partial charge is 0.338 e. The molecule has 3 N–H and O–H groups in total. The van der Waals surface area contributed by atoms with E-state index in [2.05, 4.69) is 16.0 Å². The first-order valence-electron chi connectivity index (χ1n) is 6.12. The second-order valence-corrected chi connectivity index (χ2v) is 4.61. The maximum Gasteiger partial charge on any atom is 0.315 e. The molecule has 1 aliphatic heterocycles. The molecule has 2 aliphatic rings. The van der Waals surface area contributed by atoms with E-state index in [0.29, 0.717) is 12.1 Å². The van der Waals surface area contributed by atoms with E-state index in [9.17, 15) is 4.79 Å². The highest BCUT2D eigenvalue weighted by atomic mass is 16.2. The highest BCUT2D eigenvalue weighted by Gasteiger charge is 2.23. The van der Waals surface area contributed by atoms with Gasteiger partial charge in [-0.15, -0.1) is 0 Å². The molecule has 0 radical (unpaired) electrons. The van der Waals surface area contributed by atoms with Crippen molar-refractivity contribution in [3.63, 3.8) is 0 Å². The summed E-state index contributed by atoms with van der Waals surface area (Å²) in [7, 11) is 0. The normalized spacial score (nSPS) is 26.0. The smallest absolute Gasteiger partial charge is 0.315 e. The van der Waals surface area contributed by atoms with Crippen LogP contribution in [0.15, 0.2) is 0 Å². The van der Waals surface area contributed by atoms with Crippen LogP contribution in [-0.2, 0) is 0 Å². The van der Waals surface area contributed by atoms with Crippen molar-refractivity contribution in [1.82, 2.24) is 16.0 Å². The lowest BCUT2D eigenvalue weighted by Crippen LogP contribution is -2.41. The van der Waals surface area contributed by atoms with Gasteiger partial charge in [-0.3, -0.25) is 0 Å². The number of carbonyl (C=O) groups excluding carboxylic acids is 1. The van der Waals surface area contributed by atoms with Crippen molar-refractivity contribution in [3.8, 4) is 0 Å². The number of amides is 2. The first-order chi connectivity index (χ1) is 7.34. The molecule has 2 fully saturated rings. The molecule has 1 atom stereocenters. The van der Waals surface area contributed by atoms with Crippen LogP contribution in [0.1, 0.15) is 38.5 Å². The lowest BCUT2D eigenvalue weighted by molar-refractivity contribution is 0.239. The van der Waals surface area contributed by atoms with E-state index in [1.807, 2.05) is 0 Å². The van der Waals surface area contributed by atoms with Gasteiger partial charge in [0.15, 0.2) is 0 Å². The third-order valence-corrected chi connectivity index (χ3v) is 3.10. The van der Waals surface area contributed by atoms with Crippen molar-refractivity contribution in [2.24, 2.45) is 0 Å². The van der Waals surface area contributed by atoms with E-state index in [1.54, 1.807) is 0 Å². The molecule has 1 aliphatic carbocycles. The van der Waals surface area contributed by atoms with Crippen molar-refractivity contribution >= 4 is 6.03 Å². The maximum atomic E-state index is 11.3. The van der Waals surface area contributed by atoms with Crippen molar-refractivity contribution in [1.29, 1.82) is 0 Å². The number of rotatable bonds is 4. The van der Waals surface area contributed by atoms with Gasteiger partial charge in [0.1, 0.15) is 0 Å². The zero-order valence-corrected chi connectivity index (χ0v) is 9.22. The fourth-order valence-corrected chi connectivity index (χ4v) is 1.99. The minimum atomic E-state index is 0.00769. The van der Waals surface area contributed by atoms with Gasteiger partial charge in [-0.2, -0.15) is 0 Å². The molecular formula is C11H21N3O. The van der Waals surface area contributed by atoms with Crippen molar-refractivity contribution in [2.45, 2.75) is 50.6 Å². The monoisotopic (exact) mass is 211 g/mol. The molecule has 1 saturated heterocycles. The van der Waals surface area contributed by atoms with Gasteiger partial charge in [-0.05, 0) is 38.6 Å². The predicted molar refractivity (Wildman–Crippen MR) is 59.8 cm³/mol. The Labute approximate surface area is 91.2 Å². The minimum Gasteiger partial charge on any atom is -0.338 e. The van der Waals surface area contributed by atoms with E-state index in [1.165, 1.54) is 19.3 Å². The summed E-state index contributed by atoms with van der Waals surface area (Å²) in [6.45, 7) is 1.93. The number of piperidine rings is 1. The van der Waals surface area contributed by atoms with Crippen molar-refractivity contribution in [2.75, 3.05) is 13.1 Å². The van der Waals surface area contributed by atoms with Crippen molar-refractivity contribution in [3.05, 3.63) is 0 Å². The summed E-state index contributed by atoms with van der Waals surface area (Å²) < 4.78 is 0. The van der Waals surface area contributed by atoms with Gasteiger partial charge < -0.3 is 16.0 Å². The van der Waals surface area contributed by atoms with E-state index in [4.69, 9.17) is 0 Å². The van der Waals surface area contributed by atoms with Crippen LogP contribution in [0.2, 0.25) is 0 Å². The lowest BCUT2D eigenvalue weighted by Gasteiger charge is -2.23. The van der Waals surface area contributed by atoms with E-state index in [0.717, 1.165) is 32.4 Å². The zero-order chi connectivity index (χ0) is 10.5. The Balaban J connectivity index is 1.51. The molecule has 4 heteroatoms. The number of hydrogen-bond donors (Lipinski definition) is 3. The number of nitrogens with one attached hydrogen (secondary N) is 3. The van der Waals surface area contributed by atoms with E-state index in [-0.39, 0.29) is 6.03 Å². The van der Waals surface area contributed by atoms with Gasteiger partial charge in [-0.1, -0.05) is 6.42 Å². The molecule has 0 aromatic rings. The summed E-state index contributed by atoms with van der Waals surface area (Å²) >= 11 is 0. The second-order valence-electron chi connectivity index (χ2n) is 4.61. The first kappa shape index (κ1) is 10.7. The number of hydrogen-bond acceptors (Lipinski definition) is 2. The Hall–Kier alpha value is -0.770. The predicted octanol–water partition coefficient (Wildman–Crippen LogP) is 0.980. The quantitative estimate of drug-likeness (QED) is 0.649. The fourth-order valence-electron chi connectivity index (χ4n) is 1.99. The summed E-state index contributed by atoms with van der Waals surface area (Å²) in [5, 5.41) is 9.31.